The lowest BCUT2D eigenvalue weighted by Crippen LogP contribution is -2.20. The van der Waals surface area contributed by atoms with E-state index in [4.69, 9.17) is 0 Å². The first-order valence-corrected chi connectivity index (χ1v) is 6.31. The van der Waals surface area contributed by atoms with Gasteiger partial charge in [-0.2, -0.15) is 9.36 Å². The molecule has 0 aliphatic carbocycles. The number of aromatic nitrogens is 2. The second-order valence-corrected chi connectivity index (χ2v) is 4.77. The molecule has 0 saturated heterocycles. The number of likely N-dealkylation sites (N-methyl/N-ethyl adjacent to an activating group) is 1. The monoisotopic (exact) mass is 248 g/mol. The third-order valence-corrected chi connectivity index (χ3v) is 2.97. The molecule has 1 aromatic carbocycles. The van der Waals surface area contributed by atoms with Crippen molar-refractivity contribution < 1.29 is 0 Å². The molecule has 2 aromatic rings. The van der Waals surface area contributed by atoms with Gasteiger partial charge in [-0.1, -0.05) is 30.3 Å². The minimum Gasteiger partial charge on any atom is -0.359 e. The van der Waals surface area contributed by atoms with Gasteiger partial charge >= 0.3 is 0 Å². The van der Waals surface area contributed by atoms with E-state index in [-0.39, 0.29) is 0 Å². The summed E-state index contributed by atoms with van der Waals surface area (Å²) in [6.45, 7) is 1.87. The molecule has 0 unspecified atom stereocenters. The molecule has 1 N–H and O–H groups in total. The SMILES string of the molecule is CN(C)CCNc1nc(-c2ccccc2)ns1. The highest BCUT2D eigenvalue weighted by Gasteiger charge is 2.05. The predicted molar refractivity (Wildman–Crippen MR) is 72.4 cm³/mol. The summed E-state index contributed by atoms with van der Waals surface area (Å²) >= 11 is 1.41. The third-order valence-electron chi connectivity index (χ3n) is 2.29. The van der Waals surface area contributed by atoms with E-state index in [1.807, 2.05) is 30.3 Å². The topological polar surface area (TPSA) is 41.0 Å². The summed E-state index contributed by atoms with van der Waals surface area (Å²) in [5.74, 6) is 0.794. The summed E-state index contributed by atoms with van der Waals surface area (Å²) in [5, 5.41) is 4.15. The molecule has 17 heavy (non-hydrogen) atoms. The molecule has 0 radical (unpaired) electrons. The first-order chi connectivity index (χ1) is 8.25. The summed E-state index contributed by atoms with van der Waals surface area (Å²) in [7, 11) is 4.11. The van der Waals surface area contributed by atoms with Crippen LogP contribution in [0.3, 0.4) is 0 Å². The van der Waals surface area contributed by atoms with E-state index >= 15 is 0 Å². The summed E-state index contributed by atoms with van der Waals surface area (Å²) in [4.78, 5) is 6.59. The molecule has 4 nitrogen and oxygen atoms in total. The Hall–Kier alpha value is -1.46. The van der Waals surface area contributed by atoms with Crippen LogP contribution in [0.1, 0.15) is 0 Å². The van der Waals surface area contributed by atoms with Gasteiger partial charge in [0.1, 0.15) is 0 Å². The summed E-state index contributed by atoms with van der Waals surface area (Å²) in [6, 6.07) is 10.0. The van der Waals surface area contributed by atoms with Gasteiger partial charge in [-0.15, -0.1) is 0 Å². The zero-order valence-corrected chi connectivity index (χ0v) is 10.9. The van der Waals surface area contributed by atoms with E-state index in [1.165, 1.54) is 11.5 Å². The Labute approximate surface area is 105 Å². The summed E-state index contributed by atoms with van der Waals surface area (Å²) in [5.41, 5.74) is 1.06. The van der Waals surface area contributed by atoms with Gasteiger partial charge in [-0.25, -0.2) is 0 Å². The Morgan fingerprint density at radius 3 is 2.71 bits per heavy atom. The van der Waals surface area contributed by atoms with Crippen LogP contribution in [-0.2, 0) is 0 Å². The number of nitrogens with zero attached hydrogens (tertiary/aromatic N) is 3. The van der Waals surface area contributed by atoms with Crippen molar-refractivity contribution in [1.82, 2.24) is 14.3 Å². The number of anilines is 1. The highest BCUT2D eigenvalue weighted by atomic mass is 32.1. The summed E-state index contributed by atoms with van der Waals surface area (Å²) in [6.07, 6.45) is 0. The van der Waals surface area contributed by atoms with E-state index < -0.39 is 0 Å². The van der Waals surface area contributed by atoms with Gasteiger partial charge in [0.15, 0.2) is 5.82 Å². The summed E-state index contributed by atoms with van der Waals surface area (Å²) < 4.78 is 4.34. The van der Waals surface area contributed by atoms with Crippen molar-refractivity contribution in [3.05, 3.63) is 30.3 Å². The molecular formula is C12H16N4S. The van der Waals surface area contributed by atoms with E-state index in [0.29, 0.717) is 0 Å². The Bertz CT molecular complexity index is 453. The van der Waals surface area contributed by atoms with Crippen molar-refractivity contribution >= 4 is 16.7 Å². The van der Waals surface area contributed by atoms with Crippen LogP contribution >= 0.6 is 11.5 Å². The molecule has 0 aliphatic rings. The molecular weight excluding hydrogens is 232 g/mol. The number of hydrogen-bond donors (Lipinski definition) is 1. The Morgan fingerprint density at radius 1 is 1.24 bits per heavy atom. The minimum atomic E-state index is 0.794. The van der Waals surface area contributed by atoms with Crippen molar-refractivity contribution in [2.24, 2.45) is 0 Å². The highest BCUT2D eigenvalue weighted by Crippen LogP contribution is 2.20. The van der Waals surface area contributed by atoms with Crippen molar-refractivity contribution in [1.29, 1.82) is 0 Å². The maximum atomic E-state index is 4.46. The quantitative estimate of drug-likeness (QED) is 0.880. The fourth-order valence-electron chi connectivity index (χ4n) is 1.39. The van der Waals surface area contributed by atoms with Crippen LogP contribution in [0.5, 0.6) is 0 Å². The highest BCUT2D eigenvalue weighted by molar-refractivity contribution is 7.09. The van der Waals surface area contributed by atoms with E-state index in [2.05, 4.69) is 33.7 Å². The van der Waals surface area contributed by atoms with Crippen LogP contribution in [0, 0.1) is 0 Å². The van der Waals surface area contributed by atoms with Crippen molar-refractivity contribution in [2.45, 2.75) is 0 Å². The van der Waals surface area contributed by atoms with E-state index in [0.717, 1.165) is 29.6 Å². The number of nitrogens with one attached hydrogen (secondary N) is 1. The van der Waals surface area contributed by atoms with Gasteiger partial charge in [-0.3, -0.25) is 0 Å². The van der Waals surface area contributed by atoms with Crippen LogP contribution in [0.2, 0.25) is 0 Å². The first-order valence-electron chi connectivity index (χ1n) is 5.53. The van der Waals surface area contributed by atoms with Crippen molar-refractivity contribution in [3.8, 4) is 11.4 Å². The number of hydrogen-bond acceptors (Lipinski definition) is 5. The molecule has 0 bridgehead atoms. The molecule has 0 amide bonds. The lowest BCUT2D eigenvalue weighted by atomic mass is 10.2. The second kappa shape index (κ2) is 5.75. The molecule has 0 aliphatic heterocycles. The molecule has 1 aromatic heterocycles. The van der Waals surface area contributed by atoms with Crippen LogP contribution < -0.4 is 5.32 Å². The average Bonchev–Trinajstić information content (AvgIpc) is 2.78. The normalized spacial score (nSPS) is 10.8. The van der Waals surface area contributed by atoms with E-state index in [1.54, 1.807) is 0 Å². The predicted octanol–water partition coefficient (Wildman–Crippen LogP) is 2.18. The van der Waals surface area contributed by atoms with Crippen LogP contribution in [-0.4, -0.2) is 41.4 Å². The molecule has 0 fully saturated rings. The Kier molecular flexibility index (Phi) is 4.06. The second-order valence-electron chi connectivity index (χ2n) is 4.02. The van der Waals surface area contributed by atoms with Gasteiger partial charge in [0.05, 0.1) is 0 Å². The largest absolute Gasteiger partial charge is 0.359 e. The van der Waals surface area contributed by atoms with Gasteiger partial charge < -0.3 is 10.2 Å². The van der Waals surface area contributed by atoms with Crippen LogP contribution in [0.15, 0.2) is 30.3 Å². The van der Waals surface area contributed by atoms with Gasteiger partial charge in [0, 0.05) is 30.2 Å². The molecule has 0 atom stereocenters. The fraction of sp³-hybridized carbons (Fsp3) is 0.333. The molecule has 5 heteroatoms. The standard InChI is InChI=1S/C12H16N4S/c1-16(2)9-8-13-12-14-11(15-17-12)10-6-4-3-5-7-10/h3-7H,8-9H2,1-2H3,(H,13,14,15). The maximum Gasteiger partial charge on any atom is 0.202 e. The zero-order chi connectivity index (χ0) is 12.1. The van der Waals surface area contributed by atoms with Crippen molar-refractivity contribution in [3.63, 3.8) is 0 Å². The smallest absolute Gasteiger partial charge is 0.202 e. The Balaban J connectivity index is 1.97. The third kappa shape index (κ3) is 3.51. The molecule has 1 heterocycles. The molecule has 2 rings (SSSR count). The first kappa shape index (κ1) is 12.0. The minimum absolute atomic E-state index is 0.794. The number of benzene rings is 1. The van der Waals surface area contributed by atoms with Gasteiger partial charge in [0.25, 0.3) is 0 Å². The molecule has 0 spiro atoms. The fourth-order valence-corrected chi connectivity index (χ4v) is 2.00. The Morgan fingerprint density at radius 2 is 2.00 bits per heavy atom. The average molecular weight is 248 g/mol. The molecule has 0 saturated carbocycles. The zero-order valence-electron chi connectivity index (χ0n) is 10.1. The lowest BCUT2D eigenvalue weighted by Gasteiger charge is -2.08. The van der Waals surface area contributed by atoms with Gasteiger partial charge in [-0.05, 0) is 14.1 Å². The lowest BCUT2D eigenvalue weighted by molar-refractivity contribution is 0.425. The van der Waals surface area contributed by atoms with Gasteiger partial charge in [0.2, 0.25) is 5.13 Å². The van der Waals surface area contributed by atoms with E-state index in [9.17, 15) is 0 Å². The van der Waals surface area contributed by atoms with Crippen molar-refractivity contribution in [2.75, 3.05) is 32.5 Å². The van der Waals surface area contributed by atoms with Crippen LogP contribution in [0.25, 0.3) is 11.4 Å². The van der Waals surface area contributed by atoms with Crippen LogP contribution in [0.4, 0.5) is 5.13 Å². The number of rotatable bonds is 5. The maximum absolute atomic E-state index is 4.46. The molecule has 90 valence electrons.